The molecule has 1 unspecified atom stereocenters. The van der Waals surface area contributed by atoms with Crippen molar-refractivity contribution < 1.29 is 158 Å². The Morgan fingerprint density at radius 3 is 0.871 bits per heavy atom. The van der Waals surface area contributed by atoms with Crippen molar-refractivity contribution in [3.63, 3.8) is 0 Å². The van der Waals surface area contributed by atoms with Gasteiger partial charge in [0, 0.05) is 29.2 Å². The maximum atomic E-state index is 12.7. The summed E-state index contributed by atoms with van der Waals surface area (Å²) in [5, 5.41) is 118. The normalized spacial score (nSPS) is 13.4. The molecule has 14 N–H and O–H groups in total. The lowest BCUT2D eigenvalue weighted by molar-refractivity contribution is -0.385. The zero-order chi connectivity index (χ0) is 85.7. The first-order chi connectivity index (χ1) is 53.7. The van der Waals surface area contributed by atoms with Crippen LogP contribution in [-0.2, 0) is 92.0 Å². The minimum Gasteiger partial charge on any atom is -0.768 e. The van der Waals surface area contributed by atoms with Crippen LogP contribution >= 0.6 is 0 Å². The van der Waals surface area contributed by atoms with Crippen molar-refractivity contribution in [1.82, 2.24) is 0 Å². The summed E-state index contributed by atoms with van der Waals surface area (Å²) in [5.74, 6) is -7.31. The number of rotatable bonds is 27. The minimum absolute atomic E-state index is 0.0130. The Morgan fingerprint density at radius 2 is 0.586 bits per heavy atom. The number of aromatic hydroxyl groups is 6. The number of phenolic OH excluding ortho intramolecular Hbond substituents is 6. The molecule has 0 aliphatic rings. The van der Waals surface area contributed by atoms with Crippen molar-refractivity contribution in [2.24, 2.45) is 61.4 Å². The van der Waals surface area contributed by atoms with Crippen LogP contribution in [0.2, 0.25) is 0 Å². The molecule has 0 saturated carbocycles. The Kier molecular flexibility index (Phi) is 23.7. The third-order valence-corrected chi connectivity index (χ3v) is 22.6. The molecule has 0 amide bonds. The molecule has 49 nitrogen and oxygen atoms in total. The Hall–Kier alpha value is -12.5. The summed E-state index contributed by atoms with van der Waals surface area (Å²) < 4.78 is 314. The van der Waals surface area contributed by atoms with E-state index >= 15 is 0 Å². The van der Waals surface area contributed by atoms with Gasteiger partial charge in [-0.15, -0.1) is 51.1 Å². The summed E-state index contributed by atoms with van der Waals surface area (Å²) >= 11 is -3.08. The number of hydrogen-bond acceptors (Lipinski definition) is 40. The number of ether oxygens (including phenoxy) is 2. The predicted octanol–water partition coefficient (Wildman–Crippen LogP) is 11.3. The number of azo groups is 6. The van der Waals surface area contributed by atoms with Crippen molar-refractivity contribution in [3.8, 4) is 46.0 Å². The molecule has 10 rings (SSSR count). The first kappa shape index (κ1) is 85.9. The average molecular weight is 1780 g/mol. The lowest BCUT2D eigenvalue weighted by Crippen LogP contribution is -2.08. The lowest BCUT2D eigenvalue weighted by Gasteiger charge is -2.13. The summed E-state index contributed by atoms with van der Waals surface area (Å²) in [4.78, 5) is -1.07. The molecular formula is C58H40N13O36S9-. The fourth-order valence-corrected chi connectivity index (χ4v) is 15.6. The van der Waals surface area contributed by atoms with E-state index in [0.29, 0.717) is 66.7 Å². The van der Waals surface area contributed by atoms with Gasteiger partial charge in [0.25, 0.3) is 86.6 Å². The van der Waals surface area contributed by atoms with Gasteiger partial charge in [-0.3, -0.25) is 50.7 Å². The van der Waals surface area contributed by atoms with Gasteiger partial charge < -0.3 is 44.7 Å². The predicted molar refractivity (Wildman–Crippen MR) is 385 cm³/mol. The van der Waals surface area contributed by atoms with Crippen LogP contribution in [0.25, 0.3) is 21.5 Å². The molecule has 0 radical (unpaired) electrons. The van der Waals surface area contributed by atoms with E-state index in [1.54, 1.807) is 0 Å². The van der Waals surface area contributed by atoms with Crippen LogP contribution in [0.3, 0.4) is 0 Å². The third-order valence-electron chi connectivity index (χ3n) is 15.0. The fraction of sp³-hybridized carbons (Fsp3) is 0.0345. The molecule has 608 valence electrons. The van der Waals surface area contributed by atoms with Gasteiger partial charge in [0.2, 0.25) is 0 Å². The van der Waals surface area contributed by atoms with Gasteiger partial charge in [-0.1, -0.05) is 0 Å². The highest BCUT2D eigenvalue weighted by Crippen LogP contribution is 2.53. The van der Waals surface area contributed by atoms with Crippen LogP contribution in [0, 0.1) is 10.1 Å². The van der Waals surface area contributed by atoms with Crippen LogP contribution in [-0.4, -0.2) is 161 Å². The van der Waals surface area contributed by atoms with Gasteiger partial charge in [0.05, 0.1) is 27.1 Å². The first-order valence-electron chi connectivity index (χ1n) is 29.8. The van der Waals surface area contributed by atoms with E-state index in [1.165, 1.54) is 12.1 Å². The van der Waals surface area contributed by atoms with Crippen LogP contribution in [0.5, 0.6) is 46.0 Å². The zero-order valence-corrected chi connectivity index (χ0v) is 63.2. The molecule has 0 aliphatic carbocycles. The monoisotopic (exact) mass is 1780 g/mol. The highest BCUT2D eigenvalue weighted by atomic mass is 32.3. The number of nitrogens with zero attached hydrogens (tertiary/aromatic N) is 13. The molecule has 10 aromatic rings. The van der Waals surface area contributed by atoms with Gasteiger partial charge in [-0.2, -0.15) is 77.6 Å². The summed E-state index contributed by atoms with van der Waals surface area (Å²) in [6.45, 7) is -0.515. The second kappa shape index (κ2) is 32.1. The molecule has 0 heterocycles. The topological polar surface area (TPSA) is 806 Å². The molecule has 0 saturated heterocycles. The van der Waals surface area contributed by atoms with Crippen molar-refractivity contribution in [1.29, 1.82) is 0 Å². The van der Waals surface area contributed by atoms with Gasteiger partial charge in [-0.25, -0.2) is 0 Å². The Morgan fingerprint density at radius 1 is 0.319 bits per heavy atom. The highest BCUT2D eigenvalue weighted by Gasteiger charge is 2.33. The van der Waals surface area contributed by atoms with E-state index in [2.05, 4.69) is 61.4 Å². The Bertz CT molecular complexity index is 6700. The number of phenols is 6. The third kappa shape index (κ3) is 19.3. The Balaban J connectivity index is 0.820. The van der Waals surface area contributed by atoms with E-state index in [9.17, 15) is 153 Å². The van der Waals surface area contributed by atoms with E-state index in [4.69, 9.17) is 9.47 Å². The molecule has 0 fully saturated rings. The van der Waals surface area contributed by atoms with Gasteiger partial charge in [0.15, 0.2) is 23.0 Å². The average Bonchev–Trinajstić information content (AvgIpc) is 0.741. The highest BCUT2D eigenvalue weighted by molar-refractivity contribution is 7.88. The largest absolute Gasteiger partial charge is 0.768 e. The van der Waals surface area contributed by atoms with Crippen LogP contribution < -0.4 is 9.47 Å². The first-order valence-corrected chi connectivity index (χ1v) is 42.4. The second-order valence-corrected chi connectivity index (χ2v) is 34.6. The lowest BCUT2D eigenvalue weighted by atomic mass is 10.1. The standard InChI is InChI=1S/C58H41N13O36S9/c72-39-22-30(4-10-33(39)61-59-27-1-7-35(41(19-27)109(82,83)84)63-67-51-45(113(94,95)96)15-25-17-47(115(100,101)102)53(57(76)49(25)55(51)74)69-65-37-9-3-29(71(78)79)21-43(37)111(88,89)90)106-13-14-107-31-5-11-34(40(73)23-31)62-60-28-2-8-36(42(20-28)110(85,86)87)64-68-52-46(114(97,98)99)16-26-18-48(116(103,104)105)54(58(77)50(26)56(52)75)70-66-38-12-6-32(108(80)81)24-44(38)112(91,92)93/h1-12,15-24,72-77H,13-14H2,(H,80,81)(H,82,83,84)(H,85,86,87)(H,88,89,90)(H,91,92,93)(H,94,95,96)(H,97,98,99)(H,100,101,102)(H,103,104,105)/p-1. The molecule has 10 aromatic carbocycles. The number of non-ortho nitro benzene ring substituents is 1. The molecule has 116 heavy (non-hydrogen) atoms. The number of benzene rings is 10. The number of hydrogen-bond donors (Lipinski definition) is 14. The van der Waals surface area contributed by atoms with Crippen molar-refractivity contribution >= 4 is 188 Å². The SMILES string of the molecule is O=[N+]([O-])c1ccc(N=Nc2c(S(=O)(=O)O)cc3cc(S(=O)(=O)O)c(N=Nc4ccc(N=Nc5ccc(OCCOc6ccc(N=Nc7ccc(N=Nc8c(S(=O)(=O)O)cc9cc(S(=O)(=O)O)c(N=Nc%10ccc(S(=O)[O-])cc%10S(=O)(=O)O)c(O)c9c8O)c(S(=O)(=O)O)c7)c(O)c6)cc5O)cc4S(=O)(=O)O)c(O)c3c2O)c(S(=O)(=O)O)c1. The van der Waals surface area contributed by atoms with Crippen LogP contribution in [0.1, 0.15) is 0 Å². The van der Waals surface area contributed by atoms with Gasteiger partial charge >= 0.3 is 0 Å². The molecule has 0 aliphatic heterocycles. The maximum Gasteiger partial charge on any atom is 0.297 e. The molecule has 1 atom stereocenters. The molecule has 58 heteroatoms. The van der Waals surface area contributed by atoms with E-state index in [1.807, 2.05) is 0 Å². The maximum absolute atomic E-state index is 12.7. The number of nitro groups is 1. The van der Waals surface area contributed by atoms with Crippen molar-refractivity contribution in [2.45, 2.75) is 44.1 Å². The number of nitro benzene ring substituents is 1. The van der Waals surface area contributed by atoms with Crippen molar-refractivity contribution in [2.75, 3.05) is 13.2 Å². The summed E-state index contributed by atoms with van der Waals surface area (Å²) in [5.41, 5.74) is -11.3. The van der Waals surface area contributed by atoms with Gasteiger partial charge in [0.1, 0.15) is 132 Å². The zero-order valence-electron chi connectivity index (χ0n) is 55.8. The number of fused-ring (bicyclic) bond motifs is 2. The van der Waals surface area contributed by atoms with E-state index in [0.717, 1.165) is 54.6 Å². The van der Waals surface area contributed by atoms with E-state index in [-0.39, 0.29) is 36.1 Å². The smallest absolute Gasteiger partial charge is 0.297 e. The minimum atomic E-state index is -5.62. The summed E-state index contributed by atoms with van der Waals surface area (Å²) in [7, 11) is -43.9. The molecule has 0 spiro atoms. The summed E-state index contributed by atoms with van der Waals surface area (Å²) in [6.07, 6.45) is 0. The van der Waals surface area contributed by atoms with E-state index < -0.39 is 260 Å². The molecule has 0 aromatic heterocycles. The van der Waals surface area contributed by atoms with Gasteiger partial charge in [-0.05, 0) is 131 Å². The van der Waals surface area contributed by atoms with Crippen LogP contribution in [0.4, 0.5) is 73.9 Å². The Labute approximate surface area is 649 Å². The summed E-state index contributed by atoms with van der Waals surface area (Å²) in [6, 6.07) is 16.5. The second-order valence-electron chi connectivity index (χ2n) is 22.6. The van der Waals surface area contributed by atoms with Crippen molar-refractivity contribution in [3.05, 3.63) is 144 Å². The fourth-order valence-electron chi connectivity index (χ4n) is 9.91. The molecular weight excluding hydrogens is 1740 g/mol. The molecule has 0 bridgehead atoms. The van der Waals surface area contributed by atoms with Crippen LogP contribution in [0.15, 0.2) is 239 Å². The quantitative estimate of drug-likeness (QED) is 0.00568.